The van der Waals surface area contributed by atoms with Crippen LogP contribution in [0.1, 0.15) is 19.4 Å². The first kappa shape index (κ1) is 14.9. The van der Waals surface area contributed by atoms with Crippen molar-refractivity contribution in [3.63, 3.8) is 0 Å². The molecular formula is C13H20N2O2S. The molecule has 5 heteroatoms. The topological polar surface area (TPSA) is 72.2 Å². The van der Waals surface area contributed by atoms with Crippen LogP contribution in [0, 0.1) is 0 Å². The van der Waals surface area contributed by atoms with Gasteiger partial charge in [-0.25, -0.2) is 13.6 Å². The van der Waals surface area contributed by atoms with Gasteiger partial charge >= 0.3 is 0 Å². The number of benzene rings is 1. The van der Waals surface area contributed by atoms with Gasteiger partial charge in [0.2, 0.25) is 10.0 Å². The summed E-state index contributed by atoms with van der Waals surface area (Å²) in [5.41, 5.74) is 2.38. The van der Waals surface area contributed by atoms with Crippen LogP contribution < -0.4 is 10.5 Å². The number of rotatable bonds is 6. The van der Waals surface area contributed by atoms with Crippen LogP contribution in [0.2, 0.25) is 0 Å². The summed E-state index contributed by atoms with van der Waals surface area (Å²) in [6.07, 6.45) is 2.99. The quantitative estimate of drug-likeness (QED) is 0.605. The maximum Gasteiger partial charge on any atom is 0.238 e. The molecule has 0 aliphatic carbocycles. The fraction of sp³-hybridized carbons (Fsp3) is 0.385. The first-order valence-corrected chi connectivity index (χ1v) is 7.40. The molecule has 3 N–H and O–H groups in total. The summed E-state index contributed by atoms with van der Waals surface area (Å²) in [5.74, 6) is 0. The van der Waals surface area contributed by atoms with Crippen molar-refractivity contribution in [3.8, 4) is 0 Å². The van der Waals surface area contributed by atoms with Gasteiger partial charge in [0.05, 0.1) is 4.90 Å². The fourth-order valence-corrected chi connectivity index (χ4v) is 1.97. The highest BCUT2D eigenvalue weighted by Crippen LogP contribution is 2.08. The molecule has 0 fully saturated rings. The van der Waals surface area contributed by atoms with Crippen molar-refractivity contribution < 1.29 is 8.42 Å². The third-order valence-electron chi connectivity index (χ3n) is 2.50. The third-order valence-corrected chi connectivity index (χ3v) is 3.43. The number of nitrogens with two attached hydrogens (primary N) is 1. The van der Waals surface area contributed by atoms with Crippen molar-refractivity contribution >= 4 is 10.0 Å². The first-order valence-electron chi connectivity index (χ1n) is 5.85. The van der Waals surface area contributed by atoms with E-state index in [9.17, 15) is 8.42 Å². The number of allylic oxidation sites excluding steroid dienone is 1. The zero-order chi connectivity index (χ0) is 13.6. The van der Waals surface area contributed by atoms with E-state index in [4.69, 9.17) is 5.14 Å². The largest absolute Gasteiger partial charge is 0.313 e. The van der Waals surface area contributed by atoms with Crippen molar-refractivity contribution in [3.05, 3.63) is 41.5 Å². The van der Waals surface area contributed by atoms with E-state index in [2.05, 4.69) is 25.2 Å². The van der Waals surface area contributed by atoms with Gasteiger partial charge < -0.3 is 5.32 Å². The number of nitrogens with one attached hydrogen (secondary N) is 1. The SMILES string of the molecule is CC(C)=CCNCCc1ccc(S(N)(=O)=O)cc1. The second kappa shape index (κ2) is 6.68. The van der Waals surface area contributed by atoms with E-state index in [1.54, 1.807) is 24.3 Å². The zero-order valence-electron chi connectivity index (χ0n) is 10.8. The molecule has 0 aliphatic heterocycles. The van der Waals surface area contributed by atoms with Crippen LogP contribution in [-0.2, 0) is 16.4 Å². The standard InChI is InChI=1S/C13H20N2O2S/c1-11(2)7-9-15-10-8-12-3-5-13(6-4-12)18(14,16)17/h3-7,15H,8-10H2,1-2H3,(H2,14,16,17). The molecule has 1 aromatic carbocycles. The van der Waals surface area contributed by atoms with Gasteiger partial charge in [0.25, 0.3) is 0 Å². The smallest absolute Gasteiger partial charge is 0.238 e. The van der Waals surface area contributed by atoms with E-state index in [0.717, 1.165) is 25.1 Å². The van der Waals surface area contributed by atoms with Crippen LogP contribution in [-0.4, -0.2) is 21.5 Å². The number of sulfonamides is 1. The lowest BCUT2D eigenvalue weighted by molar-refractivity contribution is 0.597. The third kappa shape index (κ3) is 5.44. The van der Waals surface area contributed by atoms with Crippen LogP contribution in [0.15, 0.2) is 40.8 Å². The number of hydrogen-bond donors (Lipinski definition) is 2. The molecule has 0 radical (unpaired) electrons. The van der Waals surface area contributed by atoms with Gasteiger partial charge in [-0.2, -0.15) is 0 Å². The molecule has 0 heterocycles. The van der Waals surface area contributed by atoms with Crippen molar-refractivity contribution in [2.45, 2.75) is 25.2 Å². The van der Waals surface area contributed by atoms with E-state index in [1.807, 2.05) is 0 Å². The van der Waals surface area contributed by atoms with Gasteiger partial charge in [0.15, 0.2) is 0 Å². The Bertz CT molecular complexity index is 500. The van der Waals surface area contributed by atoms with Gasteiger partial charge in [0.1, 0.15) is 0 Å². The van der Waals surface area contributed by atoms with Crippen LogP contribution >= 0.6 is 0 Å². The maximum atomic E-state index is 11.1. The molecule has 1 aromatic rings. The van der Waals surface area contributed by atoms with Gasteiger partial charge in [0, 0.05) is 6.54 Å². The van der Waals surface area contributed by atoms with Crippen LogP contribution in [0.5, 0.6) is 0 Å². The number of hydrogen-bond acceptors (Lipinski definition) is 3. The molecule has 0 spiro atoms. The summed E-state index contributed by atoms with van der Waals surface area (Å²) in [7, 11) is -3.58. The maximum absolute atomic E-state index is 11.1. The van der Waals surface area contributed by atoms with Crippen LogP contribution in [0.3, 0.4) is 0 Å². The summed E-state index contributed by atoms with van der Waals surface area (Å²) < 4.78 is 22.1. The van der Waals surface area contributed by atoms with E-state index in [1.165, 1.54) is 5.57 Å². The number of primary sulfonamides is 1. The Morgan fingerprint density at radius 1 is 1.28 bits per heavy atom. The van der Waals surface area contributed by atoms with E-state index < -0.39 is 10.0 Å². The highest BCUT2D eigenvalue weighted by molar-refractivity contribution is 7.89. The Kier molecular flexibility index (Phi) is 5.53. The molecule has 0 amide bonds. The molecule has 0 unspecified atom stereocenters. The van der Waals surface area contributed by atoms with E-state index in [-0.39, 0.29) is 4.90 Å². The lowest BCUT2D eigenvalue weighted by Gasteiger charge is -2.04. The second-order valence-corrected chi connectivity index (χ2v) is 5.99. The predicted molar refractivity (Wildman–Crippen MR) is 73.8 cm³/mol. The minimum Gasteiger partial charge on any atom is -0.313 e. The molecule has 18 heavy (non-hydrogen) atoms. The summed E-state index contributed by atoms with van der Waals surface area (Å²) in [6.45, 7) is 5.84. The molecular weight excluding hydrogens is 248 g/mol. The highest BCUT2D eigenvalue weighted by atomic mass is 32.2. The van der Waals surface area contributed by atoms with Gasteiger partial charge in [-0.1, -0.05) is 23.8 Å². The Balaban J connectivity index is 2.43. The molecule has 0 bridgehead atoms. The van der Waals surface area contributed by atoms with Crippen LogP contribution in [0.4, 0.5) is 0 Å². The Morgan fingerprint density at radius 3 is 2.39 bits per heavy atom. The van der Waals surface area contributed by atoms with Gasteiger partial charge in [-0.3, -0.25) is 0 Å². The lowest BCUT2D eigenvalue weighted by Crippen LogP contribution is -2.17. The van der Waals surface area contributed by atoms with Crippen LogP contribution in [0.25, 0.3) is 0 Å². The Hall–Kier alpha value is -1.17. The first-order chi connectivity index (χ1) is 8.39. The molecule has 0 saturated carbocycles. The molecule has 1 rings (SSSR count). The predicted octanol–water partition coefficient (Wildman–Crippen LogP) is 1.43. The normalized spacial score (nSPS) is 11.3. The average molecular weight is 268 g/mol. The monoisotopic (exact) mass is 268 g/mol. The summed E-state index contributed by atoms with van der Waals surface area (Å²) in [4.78, 5) is 0.156. The summed E-state index contributed by atoms with van der Waals surface area (Å²) in [6, 6.07) is 6.67. The second-order valence-electron chi connectivity index (χ2n) is 4.42. The molecule has 0 atom stereocenters. The minimum atomic E-state index is -3.58. The van der Waals surface area contributed by atoms with Crippen molar-refractivity contribution in [1.29, 1.82) is 0 Å². The highest BCUT2D eigenvalue weighted by Gasteiger charge is 2.06. The van der Waals surface area contributed by atoms with E-state index in [0.29, 0.717) is 0 Å². The van der Waals surface area contributed by atoms with Crippen molar-refractivity contribution in [2.75, 3.05) is 13.1 Å². The Labute approximate surface area is 109 Å². The molecule has 0 aromatic heterocycles. The van der Waals surface area contributed by atoms with Gasteiger partial charge in [-0.15, -0.1) is 0 Å². The van der Waals surface area contributed by atoms with Crippen molar-refractivity contribution in [1.82, 2.24) is 5.32 Å². The molecule has 4 nitrogen and oxygen atoms in total. The van der Waals surface area contributed by atoms with Gasteiger partial charge in [-0.05, 0) is 44.5 Å². The zero-order valence-corrected chi connectivity index (χ0v) is 11.6. The summed E-state index contributed by atoms with van der Waals surface area (Å²) in [5, 5.41) is 8.32. The molecule has 0 saturated heterocycles. The molecule has 100 valence electrons. The van der Waals surface area contributed by atoms with Crippen molar-refractivity contribution in [2.24, 2.45) is 5.14 Å². The molecule has 0 aliphatic rings. The fourth-order valence-electron chi connectivity index (χ4n) is 1.46. The lowest BCUT2D eigenvalue weighted by atomic mass is 10.1. The van der Waals surface area contributed by atoms with E-state index >= 15 is 0 Å². The minimum absolute atomic E-state index is 0.156. The average Bonchev–Trinajstić information content (AvgIpc) is 2.27. The summed E-state index contributed by atoms with van der Waals surface area (Å²) >= 11 is 0. The Morgan fingerprint density at radius 2 is 1.89 bits per heavy atom.